The van der Waals surface area contributed by atoms with Gasteiger partial charge in [-0.25, -0.2) is 4.98 Å². The SMILES string of the molecule is CNCCC#Cc1cc(N)ccn1. The van der Waals surface area contributed by atoms with Crippen LogP contribution in [0.4, 0.5) is 5.69 Å². The van der Waals surface area contributed by atoms with Crippen molar-refractivity contribution < 1.29 is 0 Å². The molecule has 0 fully saturated rings. The Bertz CT molecular complexity index is 322. The van der Waals surface area contributed by atoms with E-state index in [1.165, 1.54) is 0 Å². The molecule has 0 amide bonds. The Kier molecular flexibility index (Phi) is 3.80. The maximum absolute atomic E-state index is 5.57. The Hall–Kier alpha value is -1.53. The summed E-state index contributed by atoms with van der Waals surface area (Å²) in [6.07, 6.45) is 2.49. The summed E-state index contributed by atoms with van der Waals surface area (Å²) in [4.78, 5) is 4.06. The van der Waals surface area contributed by atoms with Gasteiger partial charge in [-0.3, -0.25) is 0 Å². The first-order valence-corrected chi connectivity index (χ1v) is 4.18. The van der Waals surface area contributed by atoms with Gasteiger partial charge in [0.1, 0.15) is 5.69 Å². The molecule has 1 aromatic rings. The van der Waals surface area contributed by atoms with E-state index in [0.29, 0.717) is 5.69 Å². The number of nitrogens with zero attached hydrogens (tertiary/aromatic N) is 1. The second kappa shape index (κ2) is 5.18. The van der Waals surface area contributed by atoms with Gasteiger partial charge in [0.25, 0.3) is 0 Å². The Morgan fingerprint density at radius 3 is 3.15 bits per heavy atom. The van der Waals surface area contributed by atoms with Gasteiger partial charge in [-0.05, 0) is 25.1 Å². The van der Waals surface area contributed by atoms with Gasteiger partial charge in [-0.15, -0.1) is 0 Å². The summed E-state index contributed by atoms with van der Waals surface area (Å²) < 4.78 is 0. The van der Waals surface area contributed by atoms with Crippen LogP contribution in [0.25, 0.3) is 0 Å². The van der Waals surface area contributed by atoms with E-state index in [-0.39, 0.29) is 0 Å². The summed E-state index contributed by atoms with van der Waals surface area (Å²) in [5.74, 6) is 5.94. The molecule has 1 heterocycles. The minimum atomic E-state index is 0.702. The van der Waals surface area contributed by atoms with Gasteiger partial charge in [-0.2, -0.15) is 0 Å². The number of hydrogen-bond acceptors (Lipinski definition) is 3. The van der Waals surface area contributed by atoms with Gasteiger partial charge in [0, 0.05) is 24.8 Å². The first-order valence-electron chi connectivity index (χ1n) is 4.18. The minimum Gasteiger partial charge on any atom is -0.399 e. The van der Waals surface area contributed by atoms with Crippen molar-refractivity contribution in [2.45, 2.75) is 6.42 Å². The predicted octanol–water partition coefficient (Wildman–Crippen LogP) is 0.625. The molecule has 0 saturated heterocycles. The molecule has 1 rings (SSSR count). The number of pyridine rings is 1. The number of aromatic nitrogens is 1. The fourth-order valence-corrected chi connectivity index (χ4v) is 0.856. The van der Waals surface area contributed by atoms with Crippen LogP contribution in [0.5, 0.6) is 0 Å². The van der Waals surface area contributed by atoms with Crippen molar-refractivity contribution in [3.05, 3.63) is 24.0 Å². The quantitative estimate of drug-likeness (QED) is 0.512. The minimum absolute atomic E-state index is 0.702. The molecule has 0 bridgehead atoms. The van der Waals surface area contributed by atoms with Crippen LogP contribution in [-0.4, -0.2) is 18.6 Å². The molecule has 0 aliphatic carbocycles. The molecule has 0 radical (unpaired) electrons. The Labute approximate surface area is 78.4 Å². The molecule has 3 N–H and O–H groups in total. The zero-order valence-corrected chi connectivity index (χ0v) is 7.67. The maximum atomic E-state index is 5.57. The largest absolute Gasteiger partial charge is 0.399 e. The third-order valence-corrected chi connectivity index (χ3v) is 1.50. The molecular weight excluding hydrogens is 162 g/mol. The molecule has 68 valence electrons. The number of hydrogen-bond donors (Lipinski definition) is 2. The van der Waals surface area contributed by atoms with E-state index in [4.69, 9.17) is 5.73 Å². The van der Waals surface area contributed by atoms with Crippen LogP contribution in [0.15, 0.2) is 18.3 Å². The standard InChI is InChI=1S/C10H13N3/c1-12-6-3-2-4-10-8-9(11)5-7-13-10/h5,7-8,12H,3,6H2,1H3,(H2,11,13). The van der Waals surface area contributed by atoms with Crippen LogP contribution >= 0.6 is 0 Å². The molecule has 0 spiro atoms. The summed E-state index contributed by atoms with van der Waals surface area (Å²) in [6, 6.07) is 3.52. The van der Waals surface area contributed by atoms with Crippen molar-refractivity contribution in [1.29, 1.82) is 0 Å². The van der Waals surface area contributed by atoms with Gasteiger partial charge in [-0.1, -0.05) is 5.92 Å². The topological polar surface area (TPSA) is 50.9 Å². The number of nitrogen functional groups attached to an aromatic ring is 1. The van der Waals surface area contributed by atoms with E-state index in [1.807, 2.05) is 7.05 Å². The number of nitrogens with one attached hydrogen (secondary N) is 1. The maximum Gasteiger partial charge on any atom is 0.115 e. The molecule has 3 heteroatoms. The zero-order valence-electron chi connectivity index (χ0n) is 7.67. The van der Waals surface area contributed by atoms with Crippen LogP contribution in [0.1, 0.15) is 12.1 Å². The van der Waals surface area contributed by atoms with E-state index >= 15 is 0 Å². The molecule has 0 unspecified atom stereocenters. The molecule has 13 heavy (non-hydrogen) atoms. The van der Waals surface area contributed by atoms with Crippen molar-refractivity contribution in [3.63, 3.8) is 0 Å². The smallest absolute Gasteiger partial charge is 0.115 e. The molecule has 0 atom stereocenters. The van der Waals surface area contributed by atoms with Gasteiger partial charge < -0.3 is 11.1 Å². The van der Waals surface area contributed by atoms with Crippen LogP contribution in [0.2, 0.25) is 0 Å². The average molecular weight is 175 g/mol. The van der Waals surface area contributed by atoms with E-state index in [9.17, 15) is 0 Å². The summed E-state index contributed by atoms with van der Waals surface area (Å²) >= 11 is 0. The summed E-state index contributed by atoms with van der Waals surface area (Å²) in [7, 11) is 1.90. The molecule has 0 aromatic carbocycles. The number of rotatable bonds is 2. The van der Waals surface area contributed by atoms with Crippen LogP contribution in [0.3, 0.4) is 0 Å². The van der Waals surface area contributed by atoms with Crippen LogP contribution in [0, 0.1) is 11.8 Å². The summed E-state index contributed by atoms with van der Waals surface area (Å²) in [5.41, 5.74) is 7.00. The lowest BCUT2D eigenvalue weighted by Crippen LogP contribution is -2.05. The highest BCUT2D eigenvalue weighted by molar-refractivity contribution is 5.42. The fourth-order valence-electron chi connectivity index (χ4n) is 0.856. The Morgan fingerprint density at radius 1 is 1.62 bits per heavy atom. The highest BCUT2D eigenvalue weighted by atomic mass is 14.8. The van der Waals surface area contributed by atoms with E-state index in [2.05, 4.69) is 22.1 Å². The second-order valence-electron chi connectivity index (χ2n) is 2.63. The summed E-state index contributed by atoms with van der Waals surface area (Å²) in [5, 5.41) is 3.02. The predicted molar refractivity (Wildman–Crippen MR) is 54.1 cm³/mol. The fraction of sp³-hybridized carbons (Fsp3) is 0.300. The Morgan fingerprint density at radius 2 is 2.46 bits per heavy atom. The highest BCUT2D eigenvalue weighted by Crippen LogP contribution is 2.00. The third kappa shape index (κ3) is 3.59. The number of anilines is 1. The van der Waals surface area contributed by atoms with Crippen LogP contribution < -0.4 is 11.1 Å². The second-order valence-corrected chi connectivity index (χ2v) is 2.63. The van der Waals surface area contributed by atoms with Crippen molar-refractivity contribution in [3.8, 4) is 11.8 Å². The molecule has 0 aliphatic rings. The molecule has 0 saturated carbocycles. The first kappa shape index (κ1) is 9.56. The van der Waals surface area contributed by atoms with Gasteiger partial charge in [0.2, 0.25) is 0 Å². The molecule has 1 aromatic heterocycles. The zero-order chi connectivity index (χ0) is 9.52. The molecule has 0 aliphatic heterocycles. The third-order valence-electron chi connectivity index (χ3n) is 1.50. The average Bonchev–Trinajstić information content (AvgIpc) is 2.13. The molecule has 3 nitrogen and oxygen atoms in total. The van der Waals surface area contributed by atoms with E-state index in [1.54, 1.807) is 18.3 Å². The van der Waals surface area contributed by atoms with Crippen molar-refractivity contribution in [2.75, 3.05) is 19.3 Å². The van der Waals surface area contributed by atoms with E-state index in [0.717, 1.165) is 18.7 Å². The van der Waals surface area contributed by atoms with Crippen LogP contribution in [-0.2, 0) is 0 Å². The lowest BCUT2D eigenvalue weighted by molar-refractivity contribution is 0.818. The van der Waals surface area contributed by atoms with E-state index < -0.39 is 0 Å². The van der Waals surface area contributed by atoms with Crippen molar-refractivity contribution in [2.24, 2.45) is 0 Å². The summed E-state index contributed by atoms with van der Waals surface area (Å²) in [6.45, 7) is 0.898. The normalized spacial score (nSPS) is 9.00. The van der Waals surface area contributed by atoms with Crippen molar-refractivity contribution in [1.82, 2.24) is 10.3 Å². The lowest BCUT2D eigenvalue weighted by Gasteiger charge is -1.91. The van der Waals surface area contributed by atoms with Gasteiger partial charge >= 0.3 is 0 Å². The Balaban J connectivity index is 2.56. The highest BCUT2D eigenvalue weighted by Gasteiger charge is 1.87. The van der Waals surface area contributed by atoms with Gasteiger partial charge in [0.15, 0.2) is 0 Å². The van der Waals surface area contributed by atoms with Gasteiger partial charge in [0.05, 0.1) is 0 Å². The number of nitrogens with two attached hydrogens (primary N) is 1. The van der Waals surface area contributed by atoms with Crippen molar-refractivity contribution >= 4 is 5.69 Å². The monoisotopic (exact) mass is 175 g/mol. The molecular formula is C10H13N3. The first-order chi connectivity index (χ1) is 6.33. The lowest BCUT2D eigenvalue weighted by atomic mass is 10.3.